The quantitative estimate of drug-likeness (QED) is 0.683. The van der Waals surface area contributed by atoms with E-state index in [0.29, 0.717) is 6.42 Å². The van der Waals surface area contributed by atoms with Gasteiger partial charge in [0.05, 0.1) is 4.92 Å². The minimum atomic E-state index is -1.31. The fourth-order valence-electron chi connectivity index (χ4n) is 2.50. The maximum Gasteiger partial charge on any atom is 0.314 e. The van der Waals surface area contributed by atoms with Crippen LogP contribution in [0.4, 0.5) is 14.5 Å². The van der Waals surface area contributed by atoms with Crippen LogP contribution >= 0.6 is 0 Å². The average Bonchev–Trinajstić information content (AvgIpc) is 2.44. The topological polar surface area (TPSA) is 64.4 Å². The molecule has 1 aliphatic rings. The van der Waals surface area contributed by atoms with Crippen molar-refractivity contribution in [2.24, 2.45) is 0 Å². The molecule has 2 rings (SSSR count). The van der Waals surface area contributed by atoms with Crippen LogP contribution in [0.5, 0.6) is 5.75 Å². The van der Waals surface area contributed by atoms with Crippen LogP contribution in [0.15, 0.2) is 12.1 Å². The molecule has 1 saturated carbocycles. The lowest BCUT2D eigenvalue weighted by Gasteiger charge is -2.31. The van der Waals surface area contributed by atoms with Gasteiger partial charge in [-0.2, -0.15) is 4.39 Å². The highest BCUT2D eigenvalue weighted by atomic mass is 19.2. The zero-order valence-electron chi connectivity index (χ0n) is 11.1. The summed E-state index contributed by atoms with van der Waals surface area (Å²) in [6.45, 7) is 0. The van der Waals surface area contributed by atoms with Gasteiger partial charge in [0.15, 0.2) is 5.82 Å². The van der Waals surface area contributed by atoms with Gasteiger partial charge in [-0.1, -0.05) is 6.42 Å². The Morgan fingerprint density at radius 1 is 1.35 bits per heavy atom. The van der Waals surface area contributed by atoms with Gasteiger partial charge in [-0.15, -0.1) is 0 Å². The number of likely N-dealkylation sites (N-methyl/N-ethyl adjacent to an activating group) is 1. The highest BCUT2D eigenvalue weighted by molar-refractivity contribution is 5.47. The molecule has 0 spiro atoms. The molecule has 0 heterocycles. The van der Waals surface area contributed by atoms with Gasteiger partial charge >= 0.3 is 5.69 Å². The van der Waals surface area contributed by atoms with Crippen molar-refractivity contribution in [2.75, 3.05) is 7.05 Å². The molecule has 7 heteroatoms. The van der Waals surface area contributed by atoms with Gasteiger partial charge in [-0.3, -0.25) is 10.1 Å². The molecule has 2 atom stereocenters. The van der Waals surface area contributed by atoms with Gasteiger partial charge < -0.3 is 10.1 Å². The van der Waals surface area contributed by atoms with E-state index in [1.54, 1.807) is 7.05 Å². The maximum atomic E-state index is 13.8. The molecule has 5 nitrogen and oxygen atoms in total. The fourth-order valence-corrected chi connectivity index (χ4v) is 2.50. The number of nitro benzene ring substituents is 1. The summed E-state index contributed by atoms with van der Waals surface area (Å²) in [6, 6.07) is 1.63. The first-order valence-corrected chi connectivity index (χ1v) is 6.51. The number of halogens is 2. The van der Waals surface area contributed by atoms with Crippen molar-refractivity contribution in [3.05, 3.63) is 33.9 Å². The zero-order valence-corrected chi connectivity index (χ0v) is 11.1. The van der Waals surface area contributed by atoms with Crippen molar-refractivity contribution in [3.63, 3.8) is 0 Å². The molecule has 0 bridgehead atoms. The van der Waals surface area contributed by atoms with E-state index in [4.69, 9.17) is 4.74 Å². The number of nitrogens with zero attached hydrogens (tertiary/aromatic N) is 1. The molecule has 20 heavy (non-hydrogen) atoms. The summed E-state index contributed by atoms with van der Waals surface area (Å²) in [5, 5.41) is 13.9. The van der Waals surface area contributed by atoms with Gasteiger partial charge in [0.2, 0.25) is 11.6 Å². The zero-order chi connectivity index (χ0) is 14.7. The Bertz CT molecular complexity index is 511. The highest BCUT2D eigenvalue weighted by Gasteiger charge is 2.31. The second-order valence-corrected chi connectivity index (χ2v) is 4.80. The Balaban J connectivity index is 2.31. The summed E-state index contributed by atoms with van der Waals surface area (Å²) in [5.41, 5.74) is -0.552. The monoisotopic (exact) mass is 286 g/mol. The molecule has 0 saturated heterocycles. The van der Waals surface area contributed by atoms with Crippen LogP contribution in [0.3, 0.4) is 0 Å². The van der Waals surface area contributed by atoms with Crippen molar-refractivity contribution in [2.45, 2.75) is 37.8 Å². The number of benzene rings is 1. The van der Waals surface area contributed by atoms with Crippen LogP contribution in [0.2, 0.25) is 0 Å². The predicted molar refractivity (Wildman–Crippen MR) is 68.7 cm³/mol. The summed E-state index contributed by atoms with van der Waals surface area (Å²) in [6.07, 6.45) is 3.00. The minimum absolute atomic E-state index is 0.0222. The second-order valence-electron chi connectivity index (χ2n) is 4.80. The first-order chi connectivity index (χ1) is 9.54. The lowest BCUT2D eigenvalue weighted by molar-refractivity contribution is -0.386. The van der Waals surface area contributed by atoms with Crippen molar-refractivity contribution >= 4 is 5.69 Å². The van der Waals surface area contributed by atoms with Crippen molar-refractivity contribution < 1.29 is 18.4 Å². The van der Waals surface area contributed by atoms with E-state index in [1.807, 2.05) is 0 Å². The SMILES string of the molecule is CNC1CCCCC1Oc1c([N+](=O)[O-])ccc(F)c1F. The van der Waals surface area contributed by atoms with Crippen molar-refractivity contribution in [1.29, 1.82) is 0 Å². The molecular weight excluding hydrogens is 270 g/mol. The third-order valence-electron chi connectivity index (χ3n) is 3.57. The molecule has 2 unspecified atom stereocenters. The van der Waals surface area contributed by atoms with Crippen LogP contribution in [-0.4, -0.2) is 24.1 Å². The Hall–Kier alpha value is -1.76. The number of nitrogens with one attached hydrogen (secondary N) is 1. The fraction of sp³-hybridized carbons (Fsp3) is 0.538. The van der Waals surface area contributed by atoms with E-state index in [1.165, 1.54) is 0 Å². The number of nitro groups is 1. The molecule has 0 aliphatic heterocycles. The lowest BCUT2D eigenvalue weighted by Crippen LogP contribution is -2.43. The van der Waals surface area contributed by atoms with Gasteiger partial charge in [0.1, 0.15) is 6.10 Å². The smallest absolute Gasteiger partial charge is 0.314 e. The molecule has 0 amide bonds. The predicted octanol–water partition coefficient (Wildman–Crippen LogP) is 2.78. The van der Waals surface area contributed by atoms with E-state index in [2.05, 4.69) is 5.32 Å². The lowest BCUT2D eigenvalue weighted by atomic mass is 9.92. The van der Waals surface area contributed by atoms with E-state index in [9.17, 15) is 18.9 Å². The Morgan fingerprint density at radius 2 is 2.05 bits per heavy atom. The van der Waals surface area contributed by atoms with Crippen LogP contribution in [0.25, 0.3) is 0 Å². The largest absolute Gasteiger partial charge is 0.480 e. The van der Waals surface area contributed by atoms with Gasteiger partial charge in [-0.25, -0.2) is 4.39 Å². The van der Waals surface area contributed by atoms with Crippen molar-refractivity contribution in [3.8, 4) is 5.75 Å². The van der Waals surface area contributed by atoms with Gasteiger partial charge in [0, 0.05) is 12.1 Å². The minimum Gasteiger partial charge on any atom is -0.480 e. The van der Waals surface area contributed by atoms with Crippen LogP contribution < -0.4 is 10.1 Å². The number of hydrogen-bond acceptors (Lipinski definition) is 4. The maximum absolute atomic E-state index is 13.8. The normalized spacial score (nSPS) is 22.6. The molecule has 1 N–H and O–H groups in total. The first-order valence-electron chi connectivity index (χ1n) is 6.51. The van der Waals surface area contributed by atoms with Crippen LogP contribution in [0, 0.1) is 21.7 Å². The highest BCUT2D eigenvalue weighted by Crippen LogP contribution is 2.34. The van der Waals surface area contributed by atoms with Crippen LogP contribution in [-0.2, 0) is 0 Å². The summed E-state index contributed by atoms with van der Waals surface area (Å²) in [4.78, 5) is 10.1. The second kappa shape index (κ2) is 6.13. The van der Waals surface area contributed by atoms with E-state index in [-0.39, 0.29) is 6.04 Å². The summed E-state index contributed by atoms with van der Waals surface area (Å²) >= 11 is 0. The Labute approximate surface area is 115 Å². The molecule has 0 radical (unpaired) electrons. The molecular formula is C13H16F2N2O3. The Kier molecular flexibility index (Phi) is 4.49. The molecule has 1 aromatic carbocycles. The van der Waals surface area contributed by atoms with E-state index < -0.39 is 34.1 Å². The average molecular weight is 286 g/mol. The third kappa shape index (κ3) is 2.87. The number of rotatable bonds is 4. The van der Waals surface area contributed by atoms with E-state index >= 15 is 0 Å². The van der Waals surface area contributed by atoms with Gasteiger partial charge in [-0.05, 0) is 32.4 Å². The molecule has 110 valence electrons. The molecule has 0 aromatic heterocycles. The standard InChI is InChI=1S/C13H16F2N2O3/c1-16-9-4-2-3-5-11(9)20-13-10(17(18)19)7-6-8(14)12(13)15/h6-7,9,11,16H,2-5H2,1H3. The van der Waals surface area contributed by atoms with Crippen LogP contribution in [0.1, 0.15) is 25.7 Å². The molecule has 1 aliphatic carbocycles. The van der Waals surface area contributed by atoms with E-state index in [0.717, 1.165) is 31.4 Å². The molecule has 1 fully saturated rings. The summed E-state index contributed by atoms with van der Waals surface area (Å²) in [7, 11) is 1.75. The number of hydrogen-bond donors (Lipinski definition) is 1. The molecule has 1 aromatic rings. The van der Waals surface area contributed by atoms with Crippen molar-refractivity contribution in [1.82, 2.24) is 5.32 Å². The Morgan fingerprint density at radius 3 is 2.70 bits per heavy atom. The third-order valence-corrected chi connectivity index (χ3v) is 3.57. The first kappa shape index (κ1) is 14.6. The summed E-state index contributed by atoms with van der Waals surface area (Å²) < 4.78 is 32.5. The van der Waals surface area contributed by atoms with Gasteiger partial charge in [0.25, 0.3) is 0 Å². The number of ether oxygens (including phenoxy) is 1. The summed E-state index contributed by atoms with van der Waals surface area (Å²) in [5.74, 6) is -3.07.